The van der Waals surface area contributed by atoms with Gasteiger partial charge in [-0.25, -0.2) is 14.3 Å². The average Bonchev–Trinajstić information content (AvgIpc) is 3.30. The van der Waals surface area contributed by atoms with Crippen LogP contribution in [0.1, 0.15) is 36.7 Å². The number of morpholine rings is 1. The number of hydrogen-bond acceptors (Lipinski definition) is 7. The molecule has 3 N–H and O–H groups in total. The monoisotopic (exact) mass is 609 g/mol. The van der Waals surface area contributed by atoms with E-state index in [9.17, 15) is 31.1 Å². The number of aliphatic carboxylic acids is 1. The van der Waals surface area contributed by atoms with Crippen LogP contribution in [0.5, 0.6) is 0 Å². The van der Waals surface area contributed by atoms with Gasteiger partial charge >= 0.3 is 18.8 Å². The van der Waals surface area contributed by atoms with Crippen LogP contribution in [0.3, 0.4) is 0 Å². The van der Waals surface area contributed by atoms with E-state index in [2.05, 4.69) is 41.1 Å². The predicted molar refractivity (Wildman–Crippen MR) is 139 cm³/mol. The summed E-state index contributed by atoms with van der Waals surface area (Å²) in [4.78, 5) is 36.4. The number of fused-ring (bicyclic) bond motifs is 1. The molecule has 0 radical (unpaired) electrons. The minimum Gasteiger partial charge on any atom is -0.483 e. The van der Waals surface area contributed by atoms with E-state index >= 15 is 0 Å². The lowest BCUT2D eigenvalue weighted by atomic mass is 9.87. The number of imidazole rings is 1. The van der Waals surface area contributed by atoms with Crippen LogP contribution in [0.2, 0.25) is 0 Å². The Labute approximate surface area is 235 Å². The topological polar surface area (TPSA) is 146 Å². The van der Waals surface area contributed by atoms with Gasteiger partial charge in [0.25, 0.3) is 12.4 Å². The van der Waals surface area contributed by atoms with Crippen LogP contribution in [0.15, 0.2) is 42.6 Å². The number of nitrogens with one attached hydrogen (secondary N) is 1. The molecular formula is C25H29F6N5O6. The van der Waals surface area contributed by atoms with E-state index in [0.717, 1.165) is 18.9 Å². The minimum absolute atomic E-state index is 0.0560. The van der Waals surface area contributed by atoms with E-state index in [1.807, 2.05) is 36.4 Å². The lowest BCUT2D eigenvalue weighted by Gasteiger charge is -2.27. The van der Waals surface area contributed by atoms with Crippen molar-refractivity contribution in [2.45, 2.75) is 39.0 Å². The fraction of sp³-hybridized carbons (Fsp3) is 0.400. The molecule has 11 nitrogen and oxygen atoms in total. The van der Waals surface area contributed by atoms with Crippen molar-refractivity contribution in [3.05, 3.63) is 53.7 Å². The van der Waals surface area contributed by atoms with E-state index in [4.69, 9.17) is 24.5 Å². The van der Waals surface area contributed by atoms with Gasteiger partial charge in [-0.05, 0) is 35.2 Å². The fourth-order valence-corrected chi connectivity index (χ4v) is 3.20. The first-order chi connectivity index (χ1) is 19.5. The van der Waals surface area contributed by atoms with Crippen molar-refractivity contribution >= 4 is 35.6 Å². The van der Waals surface area contributed by atoms with Gasteiger partial charge in [0.1, 0.15) is 5.82 Å². The molecule has 0 bridgehead atoms. The number of aromatic nitrogens is 3. The molecule has 1 saturated heterocycles. The van der Waals surface area contributed by atoms with Crippen LogP contribution in [-0.2, 0) is 19.7 Å². The number of amides is 1. The molecule has 0 atom stereocenters. The number of benzene rings is 1. The Hall–Kier alpha value is -4.41. The highest BCUT2D eigenvalue weighted by Gasteiger charge is 2.38. The Kier molecular flexibility index (Phi) is 13.7. The maximum atomic E-state index is 12.6. The number of hydrogen-bond donors (Lipinski definition) is 3. The lowest BCUT2D eigenvalue weighted by Crippen LogP contribution is -2.36. The molecule has 0 aliphatic carbocycles. The molecule has 42 heavy (non-hydrogen) atoms. The Balaban J connectivity index is 0.000000528. The van der Waals surface area contributed by atoms with Crippen molar-refractivity contribution in [1.29, 1.82) is 0 Å². The highest BCUT2D eigenvalue weighted by Crippen LogP contribution is 2.22. The smallest absolute Gasteiger partial charge is 0.483 e. The summed E-state index contributed by atoms with van der Waals surface area (Å²) in [6.07, 6.45) is -3.35. The molecule has 1 aromatic carbocycles. The summed E-state index contributed by atoms with van der Waals surface area (Å²) in [5.74, 6) is -1.58. The second-order valence-corrected chi connectivity index (χ2v) is 9.16. The Morgan fingerprint density at radius 3 is 1.98 bits per heavy atom. The van der Waals surface area contributed by atoms with E-state index in [0.29, 0.717) is 30.2 Å². The number of alkyl halides is 6. The molecule has 2 aromatic heterocycles. The average molecular weight is 610 g/mol. The second kappa shape index (κ2) is 16.1. The summed E-state index contributed by atoms with van der Waals surface area (Å²) in [6.45, 7) is 5.59. The van der Waals surface area contributed by atoms with Crippen molar-refractivity contribution in [1.82, 2.24) is 14.6 Å². The highest BCUT2D eigenvalue weighted by atomic mass is 19.4. The first-order valence-electron chi connectivity index (χ1n) is 11.9. The maximum Gasteiger partial charge on any atom is 0.490 e. The number of carboxylic acids is 1. The number of carbonyl (C=O) groups excluding carboxylic acids is 1. The van der Waals surface area contributed by atoms with Gasteiger partial charge in [0.15, 0.2) is 11.5 Å². The molecule has 0 spiro atoms. The van der Waals surface area contributed by atoms with Crippen molar-refractivity contribution in [2.75, 3.05) is 36.5 Å². The Morgan fingerprint density at radius 2 is 1.52 bits per heavy atom. The lowest BCUT2D eigenvalue weighted by molar-refractivity contribution is -0.192. The molecule has 1 aliphatic heterocycles. The summed E-state index contributed by atoms with van der Waals surface area (Å²) in [6, 6.07) is 11.5. The summed E-state index contributed by atoms with van der Waals surface area (Å²) in [5, 5.41) is 21.5. The summed E-state index contributed by atoms with van der Waals surface area (Å²) >= 11 is 0. The zero-order valence-corrected chi connectivity index (χ0v) is 22.6. The molecule has 3 aromatic rings. The van der Waals surface area contributed by atoms with Crippen molar-refractivity contribution in [2.24, 2.45) is 0 Å². The number of carboxylic acid groups (broad SMARTS) is 2. The van der Waals surface area contributed by atoms with Gasteiger partial charge in [-0.1, -0.05) is 32.9 Å². The molecular weight excluding hydrogens is 580 g/mol. The maximum absolute atomic E-state index is 12.6. The van der Waals surface area contributed by atoms with Gasteiger partial charge in [0.2, 0.25) is 0 Å². The SMILES string of the molecule is CC(C)(C)c1ccc(C(=O)Nc2cn3nc(N4CCOCC4)ccc3n2)cc1.FC(F)F.O=C(O)C(F)(F)F.O=CO. The van der Waals surface area contributed by atoms with Crippen molar-refractivity contribution < 1.29 is 55.7 Å². The summed E-state index contributed by atoms with van der Waals surface area (Å²) in [5.41, 5.74) is 2.54. The van der Waals surface area contributed by atoms with E-state index < -0.39 is 18.8 Å². The number of halogens is 6. The van der Waals surface area contributed by atoms with Crippen LogP contribution in [0.25, 0.3) is 5.65 Å². The molecule has 3 heterocycles. The highest BCUT2D eigenvalue weighted by molar-refractivity contribution is 6.03. The fourth-order valence-electron chi connectivity index (χ4n) is 3.20. The summed E-state index contributed by atoms with van der Waals surface area (Å²) in [7, 11) is 0. The van der Waals surface area contributed by atoms with Crippen LogP contribution in [-0.4, -0.2) is 82.3 Å². The Bertz CT molecular complexity index is 1290. The van der Waals surface area contributed by atoms with Gasteiger partial charge < -0.3 is 25.2 Å². The van der Waals surface area contributed by atoms with Crippen molar-refractivity contribution in [3.63, 3.8) is 0 Å². The zero-order valence-electron chi connectivity index (χ0n) is 22.6. The molecule has 0 saturated carbocycles. The van der Waals surface area contributed by atoms with Gasteiger partial charge in [-0.3, -0.25) is 9.59 Å². The third-order valence-electron chi connectivity index (χ3n) is 5.14. The number of carbonyl (C=O) groups is 3. The number of ether oxygens (including phenoxy) is 1. The van der Waals surface area contributed by atoms with Gasteiger partial charge in [-0.2, -0.15) is 26.3 Å². The third kappa shape index (κ3) is 12.4. The van der Waals surface area contributed by atoms with Gasteiger partial charge in [0.05, 0.1) is 19.4 Å². The molecule has 17 heteroatoms. The van der Waals surface area contributed by atoms with E-state index in [1.54, 1.807) is 10.7 Å². The quantitative estimate of drug-likeness (QED) is 0.286. The largest absolute Gasteiger partial charge is 0.490 e. The van der Waals surface area contributed by atoms with Crippen LogP contribution < -0.4 is 10.2 Å². The number of rotatable bonds is 3. The van der Waals surface area contributed by atoms with E-state index in [-0.39, 0.29) is 17.8 Å². The molecule has 1 fully saturated rings. The summed E-state index contributed by atoms with van der Waals surface area (Å²) < 4.78 is 67.8. The molecule has 232 valence electrons. The Morgan fingerprint density at radius 1 is 1.02 bits per heavy atom. The first kappa shape index (κ1) is 35.6. The molecule has 0 unspecified atom stereocenters. The zero-order chi connectivity index (χ0) is 32.1. The standard InChI is InChI=1S/C21H25N5O2.C2HF3O2.CHF3.CH2O2/c1-21(2,3)16-6-4-15(5-7-16)20(27)23-17-14-26-18(22-17)8-9-19(24-26)25-10-12-28-13-11-25;3-2(4,5)1(6)7;2-1(3)4;2-1-3/h4-9,14H,10-13H2,1-3H3,(H,23,27);(H,6,7);1H;1H,(H,2,3). The van der Waals surface area contributed by atoms with Gasteiger partial charge in [0, 0.05) is 18.7 Å². The second-order valence-electron chi connectivity index (χ2n) is 9.16. The third-order valence-corrected chi connectivity index (χ3v) is 5.14. The first-order valence-corrected chi connectivity index (χ1v) is 11.9. The number of anilines is 2. The minimum atomic E-state index is -5.08. The van der Waals surface area contributed by atoms with Gasteiger partial charge in [-0.15, -0.1) is 5.10 Å². The van der Waals surface area contributed by atoms with Crippen molar-refractivity contribution in [3.8, 4) is 0 Å². The van der Waals surface area contributed by atoms with Crippen LogP contribution in [0, 0.1) is 0 Å². The number of nitrogens with zero attached hydrogens (tertiary/aromatic N) is 4. The van der Waals surface area contributed by atoms with Crippen LogP contribution in [0.4, 0.5) is 38.0 Å². The predicted octanol–water partition coefficient (Wildman–Crippen LogP) is 4.63. The molecule has 1 aliphatic rings. The van der Waals surface area contributed by atoms with Crippen LogP contribution >= 0.6 is 0 Å². The van der Waals surface area contributed by atoms with E-state index in [1.165, 1.54) is 5.56 Å². The normalized spacial score (nSPS) is 13.0. The molecule has 4 rings (SSSR count). The molecule has 1 amide bonds.